The van der Waals surface area contributed by atoms with Crippen molar-refractivity contribution in [2.75, 3.05) is 18.6 Å². The van der Waals surface area contributed by atoms with Gasteiger partial charge in [0, 0.05) is 11.0 Å². The van der Waals surface area contributed by atoms with Gasteiger partial charge in [0.2, 0.25) is 5.95 Å². The van der Waals surface area contributed by atoms with Crippen LogP contribution < -0.4 is 11.0 Å². The SMILES string of the molecule is CC1(c2ccc(C=NNc3nc(-c4ccccc4)c(C#N)c(=O)[nH]3)cc2)COC1. The highest BCUT2D eigenvalue weighted by molar-refractivity contribution is 5.80. The Balaban J connectivity index is 1.53. The molecule has 1 saturated heterocycles. The highest BCUT2D eigenvalue weighted by atomic mass is 16.5. The van der Waals surface area contributed by atoms with Gasteiger partial charge in [-0.05, 0) is 11.1 Å². The van der Waals surface area contributed by atoms with Gasteiger partial charge in [-0.25, -0.2) is 10.4 Å². The zero-order chi connectivity index (χ0) is 20.3. The highest BCUT2D eigenvalue weighted by Gasteiger charge is 2.34. The van der Waals surface area contributed by atoms with Gasteiger partial charge in [-0.15, -0.1) is 0 Å². The van der Waals surface area contributed by atoms with Crippen molar-refractivity contribution in [2.24, 2.45) is 5.10 Å². The van der Waals surface area contributed by atoms with Crippen LogP contribution in [0.1, 0.15) is 23.6 Å². The predicted octanol–water partition coefficient (Wildman–Crippen LogP) is 3.04. The highest BCUT2D eigenvalue weighted by Crippen LogP contribution is 2.31. The number of hydrazone groups is 1. The summed E-state index contributed by atoms with van der Waals surface area (Å²) >= 11 is 0. The van der Waals surface area contributed by atoms with Crippen LogP contribution in [-0.2, 0) is 10.2 Å². The van der Waals surface area contributed by atoms with Crippen molar-refractivity contribution in [3.05, 3.63) is 81.6 Å². The molecule has 0 amide bonds. The molecule has 0 unspecified atom stereocenters. The molecule has 0 atom stereocenters. The summed E-state index contributed by atoms with van der Waals surface area (Å²) in [5.41, 5.74) is 5.42. The summed E-state index contributed by atoms with van der Waals surface area (Å²) in [7, 11) is 0. The van der Waals surface area contributed by atoms with E-state index in [-0.39, 0.29) is 16.9 Å². The summed E-state index contributed by atoms with van der Waals surface area (Å²) in [5, 5.41) is 13.5. The number of benzene rings is 2. The standard InChI is InChI=1S/C22H19N5O2/c1-22(13-29-14-22)17-9-7-15(8-10-17)12-24-27-21-25-19(16-5-3-2-4-6-16)18(11-23)20(28)26-21/h2-10,12H,13-14H2,1H3,(H2,25,26,27,28). The molecule has 1 fully saturated rings. The van der Waals surface area contributed by atoms with E-state index >= 15 is 0 Å². The van der Waals surface area contributed by atoms with E-state index in [0.717, 1.165) is 18.8 Å². The number of hydrogen-bond donors (Lipinski definition) is 2. The second kappa shape index (κ2) is 7.70. The molecule has 2 aromatic carbocycles. The van der Waals surface area contributed by atoms with E-state index in [4.69, 9.17) is 4.74 Å². The fourth-order valence-electron chi connectivity index (χ4n) is 3.15. The van der Waals surface area contributed by atoms with E-state index in [0.29, 0.717) is 11.3 Å². The maximum Gasteiger partial charge on any atom is 0.270 e. The summed E-state index contributed by atoms with van der Waals surface area (Å²) in [6.07, 6.45) is 1.64. The second-order valence-corrected chi connectivity index (χ2v) is 7.16. The van der Waals surface area contributed by atoms with Crippen molar-refractivity contribution < 1.29 is 4.74 Å². The van der Waals surface area contributed by atoms with E-state index in [1.165, 1.54) is 5.56 Å². The van der Waals surface area contributed by atoms with Gasteiger partial charge in [0.25, 0.3) is 5.56 Å². The van der Waals surface area contributed by atoms with Crippen molar-refractivity contribution in [3.8, 4) is 17.3 Å². The molecular formula is C22H19N5O2. The first-order valence-corrected chi connectivity index (χ1v) is 9.16. The average molecular weight is 385 g/mol. The van der Waals surface area contributed by atoms with Gasteiger partial charge < -0.3 is 4.74 Å². The van der Waals surface area contributed by atoms with Crippen LogP contribution in [0.25, 0.3) is 11.3 Å². The third kappa shape index (κ3) is 3.79. The van der Waals surface area contributed by atoms with Gasteiger partial charge in [-0.3, -0.25) is 9.78 Å². The number of rotatable bonds is 5. The van der Waals surface area contributed by atoms with Crippen LogP contribution in [0.3, 0.4) is 0 Å². The lowest BCUT2D eigenvalue weighted by Crippen LogP contribution is -2.43. The van der Waals surface area contributed by atoms with Crippen molar-refractivity contribution in [2.45, 2.75) is 12.3 Å². The first kappa shape index (κ1) is 18.6. The topological polar surface area (TPSA) is 103 Å². The molecule has 3 aromatic rings. The van der Waals surface area contributed by atoms with E-state index in [2.05, 4.69) is 39.6 Å². The summed E-state index contributed by atoms with van der Waals surface area (Å²) in [6, 6.07) is 19.1. The fraction of sp³-hybridized carbons (Fsp3) is 0.182. The van der Waals surface area contributed by atoms with E-state index in [9.17, 15) is 10.1 Å². The molecule has 0 aliphatic carbocycles. The average Bonchev–Trinajstić information content (AvgIpc) is 2.73. The Bertz CT molecular complexity index is 1140. The van der Waals surface area contributed by atoms with Crippen LogP contribution in [-0.4, -0.2) is 29.4 Å². The molecule has 7 heteroatoms. The Morgan fingerprint density at radius 3 is 2.55 bits per heavy atom. The van der Waals surface area contributed by atoms with Crippen LogP contribution in [0, 0.1) is 11.3 Å². The van der Waals surface area contributed by atoms with Gasteiger partial charge in [0.1, 0.15) is 11.6 Å². The summed E-state index contributed by atoms with van der Waals surface area (Å²) in [6.45, 7) is 3.66. The first-order valence-electron chi connectivity index (χ1n) is 9.16. The first-order chi connectivity index (χ1) is 14.1. The van der Waals surface area contributed by atoms with Gasteiger partial charge in [0.15, 0.2) is 0 Å². The van der Waals surface area contributed by atoms with Gasteiger partial charge >= 0.3 is 0 Å². The lowest BCUT2D eigenvalue weighted by atomic mass is 9.81. The number of H-pyrrole nitrogens is 1. The normalized spacial score (nSPS) is 14.9. The van der Waals surface area contributed by atoms with Crippen molar-refractivity contribution >= 4 is 12.2 Å². The quantitative estimate of drug-likeness (QED) is 0.519. The Labute approximate surface area is 167 Å². The molecule has 29 heavy (non-hydrogen) atoms. The van der Waals surface area contributed by atoms with Crippen LogP contribution >= 0.6 is 0 Å². The van der Waals surface area contributed by atoms with Gasteiger partial charge in [0.05, 0.1) is 25.1 Å². The summed E-state index contributed by atoms with van der Waals surface area (Å²) in [5.74, 6) is 0.167. The number of ether oxygens (including phenoxy) is 1. The van der Waals surface area contributed by atoms with E-state index in [1.807, 2.05) is 36.4 Å². The van der Waals surface area contributed by atoms with Gasteiger partial charge in [-0.2, -0.15) is 10.4 Å². The lowest BCUT2D eigenvalue weighted by molar-refractivity contribution is -0.0500. The summed E-state index contributed by atoms with van der Waals surface area (Å²) in [4.78, 5) is 19.1. The van der Waals surface area contributed by atoms with Crippen LogP contribution in [0.2, 0.25) is 0 Å². The second-order valence-electron chi connectivity index (χ2n) is 7.16. The van der Waals surface area contributed by atoms with Crippen LogP contribution in [0.15, 0.2) is 64.5 Å². The monoisotopic (exact) mass is 385 g/mol. The number of nitrogens with one attached hydrogen (secondary N) is 2. The predicted molar refractivity (Wildman–Crippen MR) is 111 cm³/mol. The largest absolute Gasteiger partial charge is 0.379 e. The number of aromatic nitrogens is 2. The van der Waals surface area contributed by atoms with Crippen molar-refractivity contribution in [1.82, 2.24) is 9.97 Å². The molecule has 2 N–H and O–H groups in total. The van der Waals surface area contributed by atoms with Crippen LogP contribution in [0.4, 0.5) is 5.95 Å². The van der Waals surface area contributed by atoms with Gasteiger partial charge in [-0.1, -0.05) is 61.5 Å². The molecule has 0 radical (unpaired) electrons. The molecule has 0 spiro atoms. The molecule has 1 aliphatic rings. The minimum Gasteiger partial charge on any atom is -0.379 e. The lowest BCUT2D eigenvalue weighted by Gasteiger charge is -2.38. The van der Waals surface area contributed by atoms with Crippen LogP contribution in [0.5, 0.6) is 0 Å². The molecule has 144 valence electrons. The number of nitrogens with zero attached hydrogens (tertiary/aromatic N) is 3. The Kier molecular flexibility index (Phi) is 4.94. The number of aromatic amines is 1. The maximum atomic E-state index is 12.2. The molecule has 7 nitrogen and oxygen atoms in total. The third-order valence-corrected chi connectivity index (χ3v) is 4.91. The van der Waals surface area contributed by atoms with Crippen molar-refractivity contribution in [3.63, 3.8) is 0 Å². The fourth-order valence-corrected chi connectivity index (χ4v) is 3.15. The molecular weight excluding hydrogens is 366 g/mol. The zero-order valence-electron chi connectivity index (χ0n) is 15.8. The molecule has 4 rings (SSSR count). The molecule has 1 aromatic heterocycles. The number of anilines is 1. The minimum absolute atomic E-state index is 0.0326. The minimum atomic E-state index is -0.514. The summed E-state index contributed by atoms with van der Waals surface area (Å²) < 4.78 is 5.31. The Hall–Kier alpha value is -3.76. The number of nitriles is 1. The van der Waals surface area contributed by atoms with E-state index < -0.39 is 5.56 Å². The molecule has 0 bridgehead atoms. The smallest absolute Gasteiger partial charge is 0.270 e. The van der Waals surface area contributed by atoms with Crippen molar-refractivity contribution in [1.29, 1.82) is 5.26 Å². The molecule has 1 aliphatic heterocycles. The Morgan fingerprint density at radius 1 is 1.21 bits per heavy atom. The maximum absolute atomic E-state index is 12.2. The molecule has 0 saturated carbocycles. The Morgan fingerprint density at radius 2 is 1.93 bits per heavy atom. The van der Waals surface area contributed by atoms with E-state index in [1.54, 1.807) is 18.3 Å². The third-order valence-electron chi connectivity index (χ3n) is 4.91. The molecule has 2 heterocycles. The number of hydrogen-bond acceptors (Lipinski definition) is 6. The zero-order valence-corrected chi connectivity index (χ0v) is 15.8.